The number of alkyl halides is 2. The first-order chi connectivity index (χ1) is 6.12. The fourth-order valence-electron chi connectivity index (χ4n) is 1.37. The van der Waals surface area contributed by atoms with Gasteiger partial charge in [-0.2, -0.15) is 0 Å². The van der Waals surface area contributed by atoms with Gasteiger partial charge in [0.2, 0.25) is 0 Å². The summed E-state index contributed by atoms with van der Waals surface area (Å²) in [5.74, 6) is 0. The molecule has 0 heterocycles. The number of rotatable bonds is 8. The molecule has 0 aromatic heterocycles. The quantitative estimate of drug-likeness (QED) is 0.274. The lowest BCUT2D eigenvalue weighted by Gasteiger charge is -2.19. The van der Waals surface area contributed by atoms with E-state index >= 15 is 0 Å². The van der Waals surface area contributed by atoms with Gasteiger partial charge in [-0.25, -0.2) is 0 Å². The van der Waals surface area contributed by atoms with Crippen LogP contribution in [0, 0.1) is 0 Å². The van der Waals surface area contributed by atoms with Crippen LogP contribution in [-0.4, -0.2) is 1.43 Å². The fourth-order valence-corrected chi connectivity index (χ4v) is 2.90. The predicted octanol–water partition coefficient (Wildman–Crippen LogP) is 5.71. The molecule has 0 spiro atoms. The summed E-state index contributed by atoms with van der Waals surface area (Å²) < 4.78 is 0.541. The van der Waals surface area contributed by atoms with Crippen LogP contribution in [0.5, 0.6) is 0 Å². The van der Waals surface area contributed by atoms with Crippen LogP contribution in [0.3, 0.4) is 0 Å². The summed E-state index contributed by atoms with van der Waals surface area (Å²) >= 11 is 5.27. The van der Waals surface area contributed by atoms with Gasteiger partial charge in [0.15, 0.2) is 0 Å². The Balaban J connectivity index is 3.39. The van der Waals surface area contributed by atoms with E-state index in [2.05, 4.69) is 59.0 Å². The number of hydrogen-bond acceptors (Lipinski definition) is 0. The molecule has 0 aliphatic rings. The van der Waals surface area contributed by atoms with Crippen LogP contribution in [0.4, 0.5) is 0 Å². The third kappa shape index (κ3) is 9.76. The van der Waals surface area contributed by atoms with E-state index < -0.39 is 0 Å². The molecule has 0 aromatic carbocycles. The molecule has 0 unspecified atom stereocenters. The summed E-state index contributed by atoms with van der Waals surface area (Å²) in [5.41, 5.74) is 0. The minimum atomic E-state index is 0.541. The molecule has 0 N–H and O–H groups in total. The van der Waals surface area contributed by atoms with Gasteiger partial charge in [0.05, 0.1) is 1.43 Å². The van der Waals surface area contributed by atoms with Crippen LogP contribution in [0.1, 0.15) is 65.2 Å². The number of halogens is 2. The lowest BCUT2D eigenvalue weighted by molar-refractivity contribution is 0.584. The Morgan fingerprint density at radius 3 is 1.85 bits per heavy atom. The van der Waals surface area contributed by atoms with E-state index in [1.807, 2.05) is 0 Å². The standard InChI is InChI=1S/C11H22I2/c1-3-5-7-8-10-11(12,13)9-6-4-2/h3-10H2,1-2H3. The molecule has 0 aromatic rings. The molecular formula is C11H22I2. The van der Waals surface area contributed by atoms with E-state index in [0.29, 0.717) is 1.43 Å². The van der Waals surface area contributed by atoms with Gasteiger partial charge in [0.1, 0.15) is 0 Å². The molecule has 0 bridgehead atoms. The second kappa shape index (κ2) is 8.74. The Morgan fingerprint density at radius 1 is 0.769 bits per heavy atom. The van der Waals surface area contributed by atoms with Crippen molar-refractivity contribution in [3.63, 3.8) is 0 Å². The van der Waals surface area contributed by atoms with Gasteiger partial charge in [-0.1, -0.05) is 97.6 Å². The maximum absolute atomic E-state index is 2.64. The van der Waals surface area contributed by atoms with Gasteiger partial charge in [-0.15, -0.1) is 0 Å². The molecule has 2 heteroatoms. The Kier molecular flexibility index (Phi) is 9.72. The van der Waals surface area contributed by atoms with E-state index in [9.17, 15) is 0 Å². The largest absolute Gasteiger partial charge is 0.0734 e. The molecule has 0 amide bonds. The summed E-state index contributed by atoms with van der Waals surface area (Å²) in [6.07, 6.45) is 11.1. The number of unbranched alkanes of at least 4 members (excludes halogenated alkanes) is 4. The van der Waals surface area contributed by atoms with Crippen molar-refractivity contribution in [1.29, 1.82) is 0 Å². The van der Waals surface area contributed by atoms with Gasteiger partial charge < -0.3 is 0 Å². The van der Waals surface area contributed by atoms with E-state index in [4.69, 9.17) is 0 Å². The average molecular weight is 408 g/mol. The molecule has 0 saturated carbocycles. The van der Waals surface area contributed by atoms with Gasteiger partial charge in [0, 0.05) is 0 Å². The first kappa shape index (κ1) is 14.5. The van der Waals surface area contributed by atoms with Crippen LogP contribution < -0.4 is 0 Å². The molecule has 0 aliphatic carbocycles. The second-order valence-electron chi connectivity index (χ2n) is 3.77. The third-order valence-corrected chi connectivity index (χ3v) is 4.45. The van der Waals surface area contributed by atoms with Crippen molar-refractivity contribution in [2.45, 2.75) is 66.6 Å². The highest BCUT2D eigenvalue weighted by Gasteiger charge is 2.20. The molecular weight excluding hydrogens is 386 g/mol. The van der Waals surface area contributed by atoms with Gasteiger partial charge >= 0.3 is 0 Å². The maximum atomic E-state index is 2.64. The fraction of sp³-hybridized carbons (Fsp3) is 1.00. The molecule has 0 nitrogen and oxygen atoms in total. The van der Waals surface area contributed by atoms with Crippen LogP contribution in [0.25, 0.3) is 0 Å². The van der Waals surface area contributed by atoms with Crippen molar-refractivity contribution < 1.29 is 0 Å². The first-order valence-electron chi connectivity index (χ1n) is 5.50. The van der Waals surface area contributed by atoms with Crippen molar-refractivity contribution in [3.8, 4) is 0 Å². The smallest absolute Gasteiger partial charge is 0.0672 e. The Labute approximate surface area is 111 Å². The van der Waals surface area contributed by atoms with Crippen LogP contribution in [0.15, 0.2) is 0 Å². The molecule has 0 atom stereocenters. The van der Waals surface area contributed by atoms with Crippen LogP contribution >= 0.6 is 45.2 Å². The molecule has 0 radical (unpaired) electrons. The summed E-state index contributed by atoms with van der Waals surface area (Å²) in [7, 11) is 0. The van der Waals surface area contributed by atoms with Gasteiger partial charge in [-0.05, 0) is 12.8 Å². The molecule has 0 saturated heterocycles. The minimum Gasteiger partial charge on any atom is -0.0672 e. The van der Waals surface area contributed by atoms with Crippen molar-refractivity contribution >= 4 is 45.2 Å². The zero-order valence-corrected chi connectivity index (χ0v) is 13.2. The Morgan fingerprint density at radius 2 is 1.31 bits per heavy atom. The third-order valence-electron chi connectivity index (χ3n) is 2.29. The van der Waals surface area contributed by atoms with Crippen molar-refractivity contribution in [1.82, 2.24) is 0 Å². The first-order valence-corrected chi connectivity index (χ1v) is 7.66. The molecule has 13 heavy (non-hydrogen) atoms. The van der Waals surface area contributed by atoms with E-state index in [1.54, 1.807) is 0 Å². The van der Waals surface area contributed by atoms with E-state index in [1.165, 1.54) is 51.4 Å². The van der Waals surface area contributed by atoms with Crippen molar-refractivity contribution in [2.75, 3.05) is 0 Å². The minimum absolute atomic E-state index is 0.541. The summed E-state index contributed by atoms with van der Waals surface area (Å²) in [5, 5.41) is 0. The van der Waals surface area contributed by atoms with Crippen LogP contribution in [0.2, 0.25) is 0 Å². The van der Waals surface area contributed by atoms with Crippen LogP contribution in [-0.2, 0) is 0 Å². The topological polar surface area (TPSA) is 0 Å². The highest BCUT2D eigenvalue weighted by molar-refractivity contribution is 14.2. The summed E-state index contributed by atoms with van der Waals surface area (Å²) in [6, 6.07) is 0. The second-order valence-corrected chi connectivity index (χ2v) is 9.96. The van der Waals surface area contributed by atoms with E-state index in [-0.39, 0.29) is 0 Å². The molecule has 0 rings (SSSR count). The molecule has 0 aliphatic heterocycles. The highest BCUT2D eigenvalue weighted by atomic mass is 127. The summed E-state index contributed by atoms with van der Waals surface area (Å²) in [6.45, 7) is 4.55. The van der Waals surface area contributed by atoms with Crippen molar-refractivity contribution in [3.05, 3.63) is 0 Å². The monoisotopic (exact) mass is 408 g/mol. The van der Waals surface area contributed by atoms with Gasteiger partial charge in [-0.3, -0.25) is 0 Å². The Hall–Kier alpha value is 1.46. The Bertz CT molecular complexity index is 111. The zero-order valence-electron chi connectivity index (χ0n) is 8.91. The number of hydrogen-bond donors (Lipinski definition) is 0. The lowest BCUT2D eigenvalue weighted by Crippen LogP contribution is -2.10. The van der Waals surface area contributed by atoms with Crippen molar-refractivity contribution in [2.24, 2.45) is 0 Å². The normalized spacial score (nSPS) is 12.0. The zero-order chi connectivity index (χ0) is 10.2. The van der Waals surface area contributed by atoms with Gasteiger partial charge in [0.25, 0.3) is 0 Å². The molecule has 0 fully saturated rings. The predicted molar refractivity (Wildman–Crippen MR) is 79.1 cm³/mol. The SMILES string of the molecule is CCCCCCC(I)(I)CCCC. The van der Waals surface area contributed by atoms with E-state index in [0.717, 1.165) is 0 Å². The lowest BCUT2D eigenvalue weighted by atomic mass is 10.1. The maximum Gasteiger partial charge on any atom is 0.0734 e. The average Bonchev–Trinajstić information content (AvgIpc) is 2.09. The summed E-state index contributed by atoms with van der Waals surface area (Å²) in [4.78, 5) is 0. The highest BCUT2D eigenvalue weighted by Crippen LogP contribution is 2.38. The molecule has 80 valence electrons.